The first-order valence-corrected chi connectivity index (χ1v) is 9.08. The Kier molecular flexibility index (Phi) is 9.19. The van der Waals surface area contributed by atoms with Gasteiger partial charge in [0.25, 0.3) is 0 Å². The average molecular weight is 504 g/mol. The quantitative estimate of drug-likeness (QED) is 0.343. The van der Waals surface area contributed by atoms with Crippen LogP contribution in [-0.2, 0) is 12.0 Å². The molecule has 0 aliphatic rings. The summed E-state index contributed by atoms with van der Waals surface area (Å²) in [5, 5.41) is 6.45. The molecule has 0 spiro atoms. The van der Waals surface area contributed by atoms with Crippen LogP contribution in [0.1, 0.15) is 57.9 Å². The third kappa shape index (κ3) is 6.65. The third-order valence-corrected chi connectivity index (χ3v) is 4.04. The zero-order valence-electron chi connectivity index (χ0n) is 17.3. The molecule has 0 fully saturated rings. The molecule has 2 N–H and O–H groups in total. The van der Waals surface area contributed by atoms with Gasteiger partial charge in [-0.05, 0) is 31.5 Å². The van der Waals surface area contributed by atoms with Crippen molar-refractivity contribution in [3.8, 4) is 5.75 Å². The molecule has 1 aromatic carbocycles. The molecule has 8 heteroatoms. The summed E-state index contributed by atoms with van der Waals surface area (Å²) < 4.78 is 24.7. The Labute approximate surface area is 183 Å². The summed E-state index contributed by atoms with van der Waals surface area (Å²) in [5.74, 6) is 1.83. The fraction of sp³-hybridized carbons (Fsp3) is 0.500. The van der Waals surface area contributed by atoms with Crippen LogP contribution in [0, 0.1) is 5.82 Å². The maximum Gasteiger partial charge on any atom is 0.216 e. The highest BCUT2D eigenvalue weighted by atomic mass is 127. The molecule has 0 aliphatic carbocycles. The van der Waals surface area contributed by atoms with E-state index in [9.17, 15) is 4.39 Å². The molecule has 6 nitrogen and oxygen atoms in total. The van der Waals surface area contributed by atoms with Crippen molar-refractivity contribution in [3.05, 3.63) is 47.4 Å². The second kappa shape index (κ2) is 10.6. The van der Waals surface area contributed by atoms with Gasteiger partial charge in [-0.2, -0.15) is 0 Å². The fourth-order valence-electron chi connectivity index (χ4n) is 2.44. The van der Waals surface area contributed by atoms with Gasteiger partial charge in [0, 0.05) is 12.0 Å². The van der Waals surface area contributed by atoms with Gasteiger partial charge in [0.15, 0.2) is 17.5 Å². The number of hydrogen-bond donors (Lipinski definition) is 2. The minimum atomic E-state index is -0.389. The van der Waals surface area contributed by atoms with Gasteiger partial charge in [0.05, 0.1) is 19.3 Å². The van der Waals surface area contributed by atoms with Gasteiger partial charge in [-0.15, -0.1) is 24.0 Å². The molecule has 1 heterocycles. The summed E-state index contributed by atoms with van der Waals surface area (Å²) in [6.45, 7) is 11.2. The Morgan fingerprint density at radius 1 is 1.36 bits per heavy atom. The molecule has 0 aliphatic heterocycles. The SMILES string of the molecule is CCNC(=NCc1ncc(C(C)(C)C)o1)NC(C)c1ccc(OC)c(F)c1.I. The van der Waals surface area contributed by atoms with Gasteiger partial charge in [-0.1, -0.05) is 26.8 Å². The van der Waals surface area contributed by atoms with Crippen molar-refractivity contribution in [2.24, 2.45) is 4.99 Å². The number of ether oxygens (including phenoxy) is 1. The molecule has 1 atom stereocenters. The highest BCUT2D eigenvalue weighted by Gasteiger charge is 2.19. The van der Waals surface area contributed by atoms with Crippen molar-refractivity contribution in [1.82, 2.24) is 15.6 Å². The minimum Gasteiger partial charge on any atom is -0.494 e. The average Bonchev–Trinajstić information content (AvgIpc) is 3.09. The number of hydrogen-bond acceptors (Lipinski definition) is 4. The lowest BCUT2D eigenvalue weighted by Crippen LogP contribution is -2.38. The van der Waals surface area contributed by atoms with Gasteiger partial charge in [0.1, 0.15) is 12.3 Å². The molecule has 1 aromatic heterocycles. The van der Waals surface area contributed by atoms with Crippen LogP contribution in [0.15, 0.2) is 33.8 Å². The Morgan fingerprint density at radius 3 is 2.61 bits per heavy atom. The fourth-order valence-corrected chi connectivity index (χ4v) is 2.44. The standard InChI is InChI=1S/C20H29FN4O2.HI/c1-7-22-19(24-12-18-23-11-17(27-18)20(3,4)5)25-13(2)14-8-9-16(26-6)15(21)10-14;/h8-11,13H,7,12H2,1-6H3,(H2,22,24,25);1H. The van der Waals surface area contributed by atoms with E-state index in [-0.39, 0.29) is 47.0 Å². The summed E-state index contributed by atoms with van der Waals surface area (Å²) in [7, 11) is 1.45. The lowest BCUT2D eigenvalue weighted by Gasteiger charge is -2.18. The molecule has 0 amide bonds. The summed E-state index contributed by atoms with van der Waals surface area (Å²) in [6, 6.07) is 4.77. The third-order valence-electron chi connectivity index (χ3n) is 4.04. The van der Waals surface area contributed by atoms with Crippen LogP contribution in [0.3, 0.4) is 0 Å². The number of nitrogens with zero attached hydrogens (tertiary/aromatic N) is 2. The van der Waals surface area contributed by atoms with Crippen molar-refractivity contribution < 1.29 is 13.5 Å². The normalized spacial score (nSPS) is 12.9. The molecule has 1 unspecified atom stereocenters. The summed E-state index contributed by atoms with van der Waals surface area (Å²) in [4.78, 5) is 8.81. The number of oxazole rings is 1. The molecule has 0 saturated heterocycles. The van der Waals surface area contributed by atoms with E-state index in [0.29, 0.717) is 24.9 Å². The van der Waals surface area contributed by atoms with Crippen LogP contribution < -0.4 is 15.4 Å². The largest absolute Gasteiger partial charge is 0.494 e. The van der Waals surface area contributed by atoms with E-state index < -0.39 is 0 Å². The van der Waals surface area contributed by atoms with E-state index in [1.807, 2.05) is 19.9 Å². The molecular weight excluding hydrogens is 474 g/mol. The van der Waals surface area contributed by atoms with E-state index in [1.165, 1.54) is 13.2 Å². The number of benzene rings is 1. The maximum absolute atomic E-state index is 13.9. The van der Waals surface area contributed by atoms with Crippen LogP contribution in [0.5, 0.6) is 5.75 Å². The first kappa shape index (κ1) is 24.2. The van der Waals surface area contributed by atoms with Crippen LogP contribution in [0.25, 0.3) is 0 Å². The van der Waals surface area contributed by atoms with Gasteiger partial charge in [-0.3, -0.25) is 0 Å². The summed E-state index contributed by atoms with van der Waals surface area (Å²) in [5.41, 5.74) is 0.704. The molecule has 2 rings (SSSR count). The first-order valence-electron chi connectivity index (χ1n) is 9.08. The summed E-state index contributed by atoms with van der Waals surface area (Å²) in [6.07, 6.45) is 1.74. The number of rotatable bonds is 6. The lowest BCUT2D eigenvalue weighted by atomic mass is 9.94. The van der Waals surface area contributed by atoms with E-state index in [4.69, 9.17) is 9.15 Å². The van der Waals surface area contributed by atoms with Crippen molar-refractivity contribution in [3.63, 3.8) is 0 Å². The smallest absolute Gasteiger partial charge is 0.216 e. The second-order valence-corrected chi connectivity index (χ2v) is 7.32. The number of nitrogens with one attached hydrogen (secondary N) is 2. The molecule has 0 radical (unpaired) electrons. The van der Waals surface area contributed by atoms with Crippen LogP contribution in [0.4, 0.5) is 4.39 Å². The van der Waals surface area contributed by atoms with Crippen LogP contribution in [0.2, 0.25) is 0 Å². The van der Waals surface area contributed by atoms with Crippen LogP contribution in [-0.4, -0.2) is 24.6 Å². The highest BCUT2D eigenvalue weighted by Crippen LogP contribution is 2.23. The van der Waals surface area contributed by atoms with Crippen LogP contribution >= 0.6 is 24.0 Å². The van der Waals surface area contributed by atoms with Gasteiger partial charge >= 0.3 is 0 Å². The van der Waals surface area contributed by atoms with Crippen molar-refractivity contribution in [2.45, 2.75) is 52.6 Å². The predicted molar refractivity (Wildman–Crippen MR) is 120 cm³/mol. The number of methoxy groups -OCH3 is 1. The van der Waals surface area contributed by atoms with Gasteiger partial charge in [-0.25, -0.2) is 14.4 Å². The molecule has 2 aromatic rings. The molecule has 0 saturated carbocycles. The number of aromatic nitrogens is 1. The Balaban J connectivity index is 0.00000392. The Bertz CT molecular complexity index is 787. The van der Waals surface area contributed by atoms with E-state index in [0.717, 1.165) is 11.3 Å². The maximum atomic E-state index is 13.9. The molecule has 156 valence electrons. The van der Waals surface area contributed by atoms with Crippen molar-refractivity contribution >= 4 is 29.9 Å². The van der Waals surface area contributed by atoms with Gasteiger partial charge < -0.3 is 19.8 Å². The Morgan fingerprint density at radius 2 is 2.07 bits per heavy atom. The number of aliphatic imine (C=N–C) groups is 1. The lowest BCUT2D eigenvalue weighted by molar-refractivity contribution is 0.383. The molecule has 0 bridgehead atoms. The Hall–Kier alpha value is -1.84. The number of guanidine groups is 1. The minimum absolute atomic E-state index is 0. The monoisotopic (exact) mass is 504 g/mol. The second-order valence-electron chi connectivity index (χ2n) is 7.32. The predicted octanol–water partition coefficient (Wildman–Crippen LogP) is 4.55. The first-order chi connectivity index (χ1) is 12.7. The molecular formula is C20H30FIN4O2. The van der Waals surface area contributed by atoms with E-state index in [1.54, 1.807) is 12.3 Å². The van der Waals surface area contributed by atoms with Crippen molar-refractivity contribution in [1.29, 1.82) is 0 Å². The van der Waals surface area contributed by atoms with Gasteiger partial charge in [0.2, 0.25) is 5.89 Å². The molecule has 28 heavy (non-hydrogen) atoms. The van der Waals surface area contributed by atoms with Crippen molar-refractivity contribution in [2.75, 3.05) is 13.7 Å². The van der Waals surface area contributed by atoms with E-state index >= 15 is 0 Å². The zero-order valence-corrected chi connectivity index (χ0v) is 19.6. The summed E-state index contributed by atoms with van der Waals surface area (Å²) >= 11 is 0. The number of halogens is 2. The highest BCUT2D eigenvalue weighted by molar-refractivity contribution is 14.0. The zero-order chi connectivity index (χ0) is 20.0. The van der Waals surface area contributed by atoms with E-state index in [2.05, 4.69) is 41.4 Å². The topological polar surface area (TPSA) is 71.7 Å².